The minimum Gasteiger partial charge on any atom is -0.344 e. The first-order chi connectivity index (χ1) is 5.93. The quantitative estimate of drug-likeness (QED) is 0.619. The fourth-order valence-electron chi connectivity index (χ4n) is 2.34. The van der Waals surface area contributed by atoms with Gasteiger partial charge in [-0.15, -0.1) is 0 Å². The van der Waals surface area contributed by atoms with E-state index in [-0.39, 0.29) is 6.15 Å². The van der Waals surface area contributed by atoms with Crippen molar-refractivity contribution in [3.05, 3.63) is 0 Å². The fourth-order valence-corrected chi connectivity index (χ4v) is 2.34. The summed E-state index contributed by atoms with van der Waals surface area (Å²) in [6, 6.07) is 0. The number of rotatable bonds is 5. The zero-order valence-corrected chi connectivity index (χ0v) is 9.36. The van der Waals surface area contributed by atoms with Crippen molar-refractivity contribution in [3.63, 3.8) is 0 Å². The Morgan fingerprint density at radius 2 is 1.62 bits per heavy atom. The van der Waals surface area contributed by atoms with Crippen LogP contribution < -0.4 is 6.15 Å². The molecular formula is C12H27N. The van der Waals surface area contributed by atoms with E-state index in [4.69, 9.17) is 0 Å². The predicted molar refractivity (Wildman–Crippen MR) is 60.4 cm³/mol. The standard InChI is InChI=1S/C12H24.H3N/c1-2-3-4-6-9-12-10-7-5-8-11-12;/h12H,2-11H2,1H3;1H3. The van der Waals surface area contributed by atoms with Crippen LogP contribution in [0.5, 0.6) is 0 Å². The molecule has 0 amide bonds. The van der Waals surface area contributed by atoms with Crippen LogP contribution in [0.25, 0.3) is 0 Å². The highest BCUT2D eigenvalue weighted by Crippen LogP contribution is 2.27. The van der Waals surface area contributed by atoms with Crippen LogP contribution in [0, 0.1) is 5.92 Å². The second-order valence-corrected chi connectivity index (χ2v) is 4.35. The molecule has 0 atom stereocenters. The maximum absolute atomic E-state index is 2.29. The van der Waals surface area contributed by atoms with Crippen LogP contribution in [-0.4, -0.2) is 0 Å². The van der Waals surface area contributed by atoms with Crippen molar-refractivity contribution in [3.8, 4) is 0 Å². The van der Waals surface area contributed by atoms with Gasteiger partial charge in [-0.05, 0) is 5.92 Å². The summed E-state index contributed by atoms with van der Waals surface area (Å²) in [5, 5.41) is 0. The third-order valence-electron chi connectivity index (χ3n) is 3.19. The zero-order chi connectivity index (χ0) is 8.65. The van der Waals surface area contributed by atoms with Gasteiger partial charge >= 0.3 is 0 Å². The Labute approximate surface area is 83.9 Å². The van der Waals surface area contributed by atoms with Gasteiger partial charge in [0.25, 0.3) is 0 Å². The van der Waals surface area contributed by atoms with Crippen LogP contribution in [0.2, 0.25) is 0 Å². The van der Waals surface area contributed by atoms with Crippen molar-refractivity contribution < 1.29 is 0 Å². The molecule has 0 unspecified atom stereocenters. The van der Waals surface area contributed by atoms with Gasteiger partial charge in [-0.3, -0.25) is 0 Å². The van der Waals surface area contributed by atoms with E-state index in [1.54, 1.807) is 0 Å². The highest BCUT2D eigenvalue weighted by Gasteiger charge is 2.11. The normalized spacial score (nSPS) is 18.2. The van der Waals surface area contributed by atoms with Gasteiger partial charge in [-0.25, -0.2) is 0 Å². The molecule has 80 valence electrons. The summed E-state index contributed by atoms with van der Waals surface area (Å²) in [7, 11) is 0. The Morgan fingerprint density at radius 1 is 0.923 bits per heavy atom. The van der Waals surface area contributed by atoms with Gasteiger partial charge in [0.1, 0.15) is 0 Å². The summed E-state index contributed by atoms with van der Waals surface area (Å²) in [5.74, 6) is 1.11. The summed E-state index contributed by atoms with van der Waals surface area (Å²) in [4.78, 5) is 0. The lowest BCUT2D eigenvalue weighted by Crippen LogP contribution is -2.05. The topological polar surface area (TPSA) is 35.0 Å². The van der Waals surface area contributed by atoms with Crippen molar-refractivity contribution in [1.29, 1.82) is 0 Å². The zero-order valence-electron chi connectivity index (χ0n) is 9.36. The maximum Gasteiger partial charge on any atom is -0.0414 e. The summed E-state index contributed by atoms with van der Waals surface area (Å²) in [6.07, 6.45) is 14.9. The average molecular weight is 185 g/mol. The molecule has 3 N–H and O–H groups in total. The van der Waals surface area contributed by atoms with E-state index in [0.29, 0.717) is 0 Å². The molecule has 0 aliphatic heterocycles. The first-order valence-corrected chi connectivity index (χ1v) is 5.93. The van der Waals surface area contributed by atoms with Gasteiger partial charge < -0.3 is 6.15 Å². The van der Waals surface area contributed by atoms with Gasteiger partial charge in [0.05, 0.1) is 0 Å². The molecule has 0 aromatic carbocycles. The maximum atomic E-state index is 2.29. The monoisotopic (exact) mass is 185 g/mol. The Balaban J connectivity index is 0.00000144. The lowest BCUT2D eigenvalue weighted by atomic mass is 9.85. The van der Waals surface area contributed by atoms with E-state index < -0.39 is 0 Å². The first-order valence-electron chi connectivity index (χ1n) is 5.93. The summed E-state index contributed by atoms with van der Waals surface area (Å²) < 4.78 is 0. The Morgan fingerprint density at radius 3 is 2.23 bits per heavy atom. The number of hydrogen-bond donors (Lipinski definition) is 1. The van der Waals surface area contributed by atoms with E-state index >= 15 is 0 Å². The van der Waals surface area contributed by atoms with Crippen LogP contribution in [0.4, 0.5) is 0 Å². The van der Waals surface area contributed by atoms with Crippen LogP contribution >= 0.6 is 0 Å². The van der Waals surface area contributed by atoms with Gasteiger partial charge in [0.15, 0.2) is 0 Å². The molecule has 0 spiro atoms. The molecule has 1 fully saturated rings. The van der Waals surface area contributed by atoms with E-state index in [1.165, 1.54) is 64.2 Å². The van der Waals surface area contributed by atoms with Crippen molar-refractivity contribution in [2.75, 3.05) is 0 Å². The molecule has 0 bridgehead atoms. The molecule has 13 heavy (non-hydrogen) atoms. The van der Waals surface area contributed by atoms with Crippen molar-refractivity contribution in [2.24, 2.45) is 5.92 Å². The van der Waals surface area contributed by atoms with Gasteiger partial charge in [-0.1, -0.05) is 71.1 Å². The fraction of sp³-hybridized carbons (Fsp3) is 1.00. The number of hydrogen-bond acceptors (Lipinski definition) is 1. The van der Waals surface area contributed by atoms with Crippen molar-refractivity contribution in [1.82, 2.24) is 6.15 Å². The Bertz CT molecular complexity index is 95.3. The van der Waals surface area contributed by atoms with E-state index in [1.807, 2.05) is 0 Å². The predicted octanol–water partition coefficient (Wildman–Crippen LogP) is 4.70. The van der Waals surface area contributed by atoms with Gasteiger partial charge in [-0.2, -0.15) is 0 Å². The molecule has 1 rings (SSSR count). The van der Waals surface area contributed by atoms with Crippen molar-refractivity contribution >= 4 is 0 Å². The van der Waals surface area contributed by atoms with E-state index in [0.717, 1.165) is 5.92 Å². The molecule has 1 heteroatoms. The second kappa shape index (κ2) is 8.55. The SMILES string of the molecule is CCCCCCC1CCCCC1.N. The first kappa shape index (κ1) is 13.0. The Kier molecular flexibility index (Phi) is 8.53. The molecule has 1 saturated carbocycles. The number of unbranched alkanes of at least 4 members (excludes halogenated alkanes) is 3. The van der Waals surface area contributed by atoms with Gasteiger partial charge in [0.2, 0.25) is 0 Å². The van der Waals surface area contributed by atoms with Crippen LogP contribution in [0.15, 0.2) is 0 Å². The third kappa shape index (κ3) is 6.09. The van der Waals surface area contributed by atoms with E-state index in [2.05, 4.69) is 6.92 Å². The van der Waals surface area contributed by atoms with Crippen LogP contribution in [0.1, 0.15) is 71.1 Å². The molecule has 1 aliphatic carbocycles. The summed E-state index contributed by atoms with van der Waals surface area (Å²) in [6.45, 7) is 2.29. The van der Waals surface area contributed by atoms with Crippen LogP contribution in [0.3, 0.4) is 0 Å². The molecule has 0 aromatic heterocycles. The molecule has 1 aliphatic rings. The van der Waals surface area contributed by atoms with Gasteiger partial charge in [0, 0.05) is 0 Å². The molecule has 0 heterocycles. The molecule has 1 nitrogen and oxygen atoms in total. The lowest BCUT2D eigenvalue weighted by Gasteiger charge is -2.21. The highest BCUT2D eigenvalue weighted by molar-refractivity contribution is 4.65. The second-order valence-electron chi connectivity index (χ2n) is 4.35. The van der Waals surface area contributed by atoms with Crippen LogP contribution in [-0.2, 0) is 0 Å². The molecule has 0 aromatic rings. The van der Waals surface area contributed by atoms with E-state index in [9.17, 15) is 0 Å². The smallest absolute Gasteiger partial charge is 0.0414 e. The lowest BCUT2D eigenvalue weighted by molar-refractivity contribution is 0.328. The molecule has 0 saturated heterocycles. The molecular weight excluding hydrogens is 158 g/mol. The third-order valence-corrected chi connectivity index (χ3v) is 3.19. The van der Waals surface area contributed by atoms with Crippen molar-refractivity contribution in [2.45, 2.75) is 71.1 Å². The minimum absolute atomic E-state index is 0. The Hall–Kier alpha value is -0.0400. The summed E-state index contributed by atoms with van der Waals surface area (Å²) >= 11 is 0. The summed E-state index contributed by atoms with van der Waals surface area (Å²) in [5.41, 5.74) is 0. The minimum atomic E-state index is 0. The average Bonchev–Trinajstić information content (AvgIpc) is 2.14. The highest BCUT2D eigenvalue weighted by atomic mass is 14.2. The molecule has 0 radical (unpaired) electrons. The largest absolute Gasteiger partial charge is 0.344 e.